The number of carbonyl (C=O) groups is 3. The molecule has 2 aromatic carbocycles. The van der Waals surface area contributed by atoms with Gasteiger partial charge in [0.15, 0.2) is 0 Å². The molecule has 12 heteroatoms. The average molecular weight is 629 g/mol. The first-order valence-electron chi connectivity index (χ1n) is 11.5. The van der Waals surface area contributed by atoms with Gasteiger partial charge >= 0.3 is 4.87 Å². The number of thiazole rings is 1. The highest BCUT2D eigenvalue weighted by Crippen LogP contribution is 2.54. The van der Waals surface area contributed by atoms with Gasteiger partial charge < -0.3 is 10.4 Å². The van der Waals surface area contributed by atoms with E-state index in [1.165, 1.54) is 44.7 Å². The van der Waals surface area contributed by atoms with Gasteiger partial charge in [0.05, 0.1) is 16.6 Å². The van der Waals surface area contributed by atoms with Crippen LogP contribution in [0.15, 0.2) is 80.3 Å². The zero-order valence-corrected chi connectivity index (χ0v) is 23.4. The van der Waals surface area contributed by atoms with E-state index in [0.717, 1.165) is 20.7 Å². The Labute approximate surface area is 237 Å². The summed E-state index contributed by atoms with van der Waals surface area (Å²) in [6, 6.07) is 16.8. The molecule has 8 nitrogen and oxygen atoms in total. The normalized spacial score (nSPS) is 20.3. The fourth-order valence-electron chi connectivity index (χ4n) is 4.76. The van der Waals surface area contributed by atoms with E-state index in [4.69, 9.17) is 0 Å². The van der Waals surface area contributed by atoms with Crippen LogP contribution in [0.2, 0.25) is 0 Å². The molecular formula is C26H18BrN3O5S3. The van der Waals surface area contributed by atoms with E-state index < -0.39 is 23.0 Å². The third-order valence-corrected chi connectivity index (χ3v) is 10.5. The van der Waals surface area contributed by atoms with Crippen LogP contribution in [0, 0.1) is 5.92 Å². The molecule has 0 spiro atoms. The molecule has 3 amide bonds. The summed E-state index contributed by atoms with van der Waals surface area (Å²) in [4.78, 5) is 55.9. The van der Waals surface area contributed by atoms with Crippen LogP contribution in [0.25, 0.3) is 0 Å². The Morgan fingerprint density at radius 3 is 2.42 bits per heavy atom. The van der Waals surface area contributed by atoms with Gasteiger partial charge in [-0.3, -0.25) is 23.7 Å². The number of benzene rings is 2. The number of amides is 3. The van der Waals surface area contributed by atoms with Crippen LogP contribution in [-0.2, 0) is 20.9 Å². The molecule has 2 aliphatic rings. The molecule has 1 fully saturated rings. The van der Waals surface area contributed by atoms with Crippen molar-refractivity contribution in [2.24, 2.45) is 5.92 Å². The maximum Gasteiger partial charge on any atom is 0.308 e. The summed E-state index contributed by atoms with van der Waals surface area (Å²) >= 11 is 7.06. The molecule has 2 N–H and O–H groups in total. The second-order valence-corrected chi connectivity index (χ2v) is 12.8. The molecule has 38 heavy (non-hydrogen) atoms. The topological polar surface area (TPSA) is 109 Å². The minimum absolute atomic E-state index is 0.0738. The molecule has 2 unspecified atom stereocenters. The number of halogens is 1. The van der Waals surface area contributed by atoms with Gasteiger partial charge in [-0.2, -0.15) is 0 Å². The van der Waals surface area contributed by atoms with Crippen molar-refractivity contribution in [3.05, 3.63) is 89.9 Å². The second kappa shape index (κ2) is 9.84. The van der Waals surface area contributed by atoms with Crippen LogP contribution in [0.1, 0.15) is 15.7 Å². The summed E-state index contributed by atoms with van der Waals surface area (Å²) in [6.45, 7) is -0.244. The van der Waals surface area contributed by atoms with Crippen LogP contribution in [-0.4, -0.2) is 32.6 Å². The number of nitrogens with one attached hydrogen (secondary N) is 1. The summed E-state index contributed by atoms with van der Waals surface area (Å²) < 4.78 is 2.22. The van der Waals surface area contributed by atoms with Gasteiger partial charge in [0.25, 0.3) is 0 Å². The van der Waals surface area contributed by atoms with E-state index in [1.54, 1.807) is 36.4 Å². The van der Waals surface area contributed by atoms with E-state index >= 15 is 0 Å². The summed E-state index contributed by atoms with van der Waals surface area (Å²) in [5, 5.41) is 13.9. The number of phenolic OH excluding ortho intramolecular Hbond substituents is 1. The molecule has 192 valence electrons. The fourth-order valence-corrected chi connectivity index (χ4v) is 8.75. The number of nitrogens with zero attached hydrogens (tertiary/aromatic N) is 2. The largest absolute Gasteiger partial charge is 0.508 e. The number of rotatable bonds is 5. The molecular weight excluding hydrogens is 610 g/mol. The molecule has 0 bridgehead atoms. The highest BCUT2D eigenvalue weighted by molar-refractivity contribution is 9.10. The van der Waals surface area contributed by atoms with Crippen molar-refractivity contribution in [2.45, 2.75) is 22.7 Å². The Bertz CT molecular complexity index is 1610. The third kappa shape index (κ3) is 4.31. The molecule has 4 aromatic rings. The van der Waals surface area contributed by atoms with Gasteiger partial charge in [0.2, 0.25) is 17.7 Å². The van der Waals surface area contributed by atoms with Gasteiger partial charge in [-0.15, -0.1) is 11.3 Å². The number of thiophene rings is 1. The Balaban J connectivity index is 1.38. The molecule has 4 heterocycles. The number of imide groups is 1. The molecule has 0 aliphatic carbocycles. The average Bonchev–Trinajstić information content (AvgIpc) is 3.59. The summed E-state index contributed by atoms with van der Waals surface area (Å²) in [5.74, 6) is -2.11. The molecule has 2 aromatic heterocycles. The first-order chi connectivity index (χ1) is 18.3. The number of aromatic nitrogens is 1. The summed E-state index contributed by atoms with van der Waals surface area (Å²) in [7, 11) is 0. The highest BCUT2D eigenvalue weighted by Gasteiger charge is 2.57. The first kappa shape index (κ1) is 25.1. The lowest BCUT2D eigenvalue weighted by atomic mass is 9.87. The van der Waals surface area contributed by atoms with Crippen molar-refractivity contribution in [1.82, 2.24) is 4.57 Å². The van der Waals surface area contributed by atoms with Gasteiger partial charge in [-0.1, -0.05) is 45.1 Å². The molecule has 3 atom stereocenters. The number of hydrogen-bond donors (Lipinski definition) is 2. The van der Waals surface area contributed by atoms with E-state index in [9.17, 15) is 24.3 Å². The van der Waals surface area contributed by atoms with E-state index in [0.29, 0.717) is 21.3 Å². The smallest absolute Gasteiger partial charge is 0.308 e. The summed E-state index contributed by atoms with van der Waals surface area (Å²) in [5.41, 5.74) is 0.980. The highest BCUT2D eigenvalue weighted by atomic mass is 79.9. The van der Waals surface area contributed by atoms with Crippen molar-refractivity contribution in [2.75, 3.05) is 10.2 Å². The number of anilines is 2. The lowest BCUT2D eigenvalue weighted by Gasteiger charge is -2.29. The SMILES string of the molecule is O=C(Cn1c2c(sc1=O)[C@H](c1cccs1)C1C(=O)N(c3ccc(Br)cc3)C(=O)C1S2)Nc1ccc(O)cc1. The van der Waals surface area contributed by atoms with Crippen molar-refractivity contribution in [1.29, 1.82) is 0 Å². The Kier molecular flexibility index (Phi) is 6.50. The van der Waals surface area contributed by atoms with Crippen molar-refractivity contribution in [3.63, 3.8) is 0 Å². The number of carbonyl (C=O) groups excluding carboxylic acids is 3. The number of phenols is 1. The Hall–Kier alpha value is -3.19. The van der Waals surface area contributed by atoms with Crippen LogP contribution < -0.4 is 15.1 Å². The van der Waals surface area contributed by atoms with Gasteiger partial charge in [0, 0.05) is 25.8 Å². The standard InChI is InChI=1S/C26H18BrN3O5S3/c27-13-3-7-15(8-4-13)30-23(33)20-19(17-2-1-11-36-17)22-25(37-21(20)24(30)34)29(26(35)38-22)12-18(32)28-14-5-9-16(31)10-6-14/h1-11,19-21,31H,12H2,(H,28,32)/t19-,20?,21?/m1/s1. The van der Waals surface area contributed by atoms with Gasteiger partial charge in [-0.05, 0) is 60.0 Å². The van der Waals surface area contributed by atoms with Gasteiger partial charge in [0.1, 0.15) is 17.5 Å². The van der Waals surface area contributed by atoms with Crippen molar-refractivity contribution >= 4 is 79.5 Å². The van der Waals surface area contributed by atoms with Crippen LogP contribution >= 0.6 is 50.4 Å². The number of hydrogen-bond acceptors (Lipinski definition) is 8. The predicted octanol–water partition coefficient (Wildman–Crippen LogP) is 4.87. The number of thioether (sulfide) groups is 1. The first-order valence-corrected chi connectivity index (χ1v) is 14.8. The van der Waals surface area contributed by atoms with Crippen LogP contribution in [0.5, 0.6) is 5.75 Å². The maximum atomic E-state index is 13.8. The molecule has 0 saturated carbocycles. The number of fused-ring (bicyclic) bond motifs is 2. The van der Waals surface area contributed by atoms with Crippen LogP contribution in [0.4, 0.5) is 11.4 Å². The lowest BCUT2D eigenvalue weighted by molar-refractivity contribution is -0.122. The third-order valence-electron chi connectivity index (χ3n) is 6.44. The molecule has 2 aliphatic heterocycles. The predicted molar refractivity (Wildman–Crippen MR) is 151 cm³/mol. The second-order valence-electron chi connectivity index (χ2n) is 8.76. The molecule has 6 rings (SSSR count). The van der Waals surface area contributed by atoms with Gasteiger partial charge in [-0.25, -0.2) is 4.90 Å². The lowest BCUT2D eigenvalue weighted by Crippen LogP contribution is -2.32. The minimum atomic E-state index is -0.730. The molecule has 1 saturated heterocycles. The Morgan fingerprint density at radius 2 is 1.74 bits per heavy atom. The maximum absolute atomic E-state index is 13.8. The summed E-state index contributed by atoms with van der Waals surface area (Å²) in [6.07, 6.45) is 0. The monoisotopic (exact) mass is 627 g/mol. The van der Waals surface area contributed by atoms with Crippen molar-refractivity contribution in [3.8, 4) is 5.75 Å². The zero-order chi connectivity index (χ0) is 26.6. The van der Waals surface area contributed by atoms with E-state index in [2.05, 4.69) is 21.2 Å². The number of aromatic hydroxyl groups is 1. The molecule has 0 radical (unpaired) electrons. The minimum Gasteiger partial charge on any atom is -0.508 e. The van der Waals surface area contributed by atoms with E-state index in [-0.39, 0.29) is 29.0 Å². The fraction of sp³-hybridized carbons (Fsp3) is 0.154. The Morgan fingerprint density at radius 1 is 1.00 bits per heavy atom. The zero-order valence-electron chi connectivity index (χ0n) is 19.4. The quantitative estimate of drug-likeness (QED) is 0.241. The van der Waals surface area contributed by atoms with E-state index in [1.807, 2.05) is 17.5 Å². The van der Waals surface area contributed by atoms with Crippen molar-refractivity contribution < 1.29 is 19.5 Å². The van der Waals surface area contributed by atoms with Crippen LogP contribution in [0.3, 0.4) is 0 Å².